The van der Waals surface area contributed by atoms with Crippen molar-refractivity contribution in [1.29, 1.82) is 0 Å². The van der Waals surface area contributed by atoms with Crippen LogP contribution in [0.2, 0.25) is 0 Å². The normalized spacial score (nSPS) is 15.2. The lowest BCUT2D eigenvalue weighted by Gasteiger charge is -2.24. The first kappa shape index (κ1) is 25.3. The molecule has 41 heavy (non-hydrogen) atoms. The van der Waals surface area contributed by atoms with Gasteiger partial charge in [0, 0.05) is 35.5 Å². The highest BCUT2D eigenvalue weighted by molar-refractivity contribution is 6.02. The lowest BCUT2D eigenvalue weighted by Crippen LogP contribution is -2.07. The number of methoxy groups -OCH3 is 1. The van der Waals surface area contributed by atoms with Gasteiger partial charge in [-0.3, -0.25) is 0 Å². The number of allylic oxidation sites excluding steroid dienone is 1. The Morgan fingerprint density at radius 1 is 1.00 bits per heavy atom. The van der Waals surface area contributed by atoms with Crippen LogP contribution in [0.3, 0.4) is 0 Å². The molecule has 7 rings (SSSR count). The number of ether oxygens (including phenoxy) is 1. The van der Waals surface area contributed by atoms with E-state index in [1.807, 2.05) is 36.4 Å². The van der Waals surface area contributed by atoms with Crippen LogP contribution < -0.4 is 4.74 Å². The van der Waals surface area contributed by atoms with Gasteiger partial charge in [-0.2, -0.15) is 4.98 Å². The second kappa shape index (κ2) is 10.1. The lowest BCUT2D eigenvalue weighted by atomic mass is 9.81. The van der Waals surface area contributed by atoms with Crippen molar-refractivity contribution in [2.45, 2.75) is 51.5 Å². The maximum absolute atomic E-state index is 12.1. The van der Waals surface area contributed by atoms with Crippen LogP contribution in [0.5, 0.6) is 5.75 Å². The molecule has 2 aliphatic rings. The highest BCUT2D eigenvalue weighted by Crippen LogP contribution is 2.48. The van der Waals surface area contributed by atoms with Crippen LogP contribution in [0.25, 0.3) is 45.2 Å². The average molecular weight is 546 g/mol. The third-order valence-electron chi connectivity index (χ3n) is 8.58. The summed E-state index contributed by atoms with van der Waals surface area (Å²) < 4.78 is 13.3. The van der Waals surface area contributed by atoms with E-state index < -0.39 is 5.97 Å². The Balaban J connectivity index is 1.53. The SMILES string of the molecule is COc1ccc2c(c1)C=C(c1ccccc1-c1noc(C)n1)Cn1c-2c(C2CCCCC2)c2ccc(C(=O)O)cc21. The van der Waals surface area contributed by atoms with Crippen LogP contribution in [0.4, 0.5) is 0 Å². The summed E-state index contributed by atoms with van der Waals surface area (Å²) in [5.41, 5.74) is 8.90. The molecule has 3 aromatic carbocycles. The van der Waals surface area contributed by atoms with Gasteiger partial charge in [-0.1, -0.05) is 54.8 Å². The van der Waals surface area contributed by atoms with Gasteiger partial charge in [-0.05, 0) is 77.4 Å². The number of aromatic nitrogens is 3. The van der Waals surface area contributed by atoms with Crippen LogP contribution in [-0.4, -0.2) is 32.9 Å². The van der Waals surface area contributed by atoms with E-state index in [2.05, 4.69) is 39.0 Å². The number of carbonyl (C=O) groups is 1. The predicted octanol–water partition coefficient (Wildman–Crippen LogP) is 7.98. The number of aryl methyl sites for hydroxylation is 1. The summed E-state index contributed by atoms with van der Waals surface area (Å²) in [6, 6.07) is 20.0. The summed E-state index contributed by atoms with van der Waals surface area (Å²) in [5.74, 6) is 1.34. The van der Waals surface area contributed by atoms with E-state index in [1.54, 1.807) is 20.1 Å². The van der Waals surface area contributed by atoms with Gasteiger partial charge >= 0.3 is 5.97 Å². The summed E-state index contributed by atoms with van der Waals surface area (Å²) in [4.78, 5) is 16.6. The molecule has 1 aliphatic carbocycles. The van der Waals surface area contributed by atoms with E-state index in [0.717, 1.165) is 57.3 Å². The molecule has 7 nitrogen and oxygen atoms in total. The minimum Gasteiger partial charge on any atom is -0.497 e. The number of hydrogen-bond donors (Lipinski definition) is 1. The first-order valence-corrected chi connectivity index (χ1v) is 14.2. The van der Waals surface area contributed by atoms with E-state index in [9.17, 15) is 9.90 Å². The van der Waals surface area contributed by atoms with E-state index >= 15 is 0 Å². The van der Waals surface area contributed by atoms with Gasteiger partial charge in [0.25, 0.3) is 0 Å². The zero-order valence-corrected chi connectivity index (χ0v) is 23.2. The molecule has 2 aromatic heterocycles. The summed E-state index contributed by atoms with van der Waals surface area (Å²) >= 11 is 0. The third kappa shape index (κ3) is 4.32. The van der Waals surface area contributed by atoms with Gasteiger partial charge in [-0.25, -0.2) is 4.79 Å². The zero-order valence-electron chi connectivity index (χ0n) is 23.2. The minimum absolute atomic E-state index is 0.292. The topological polar surface area (TPSA) is 90.4 Å². The number of rotatable bonds is 5. The number of fused-ring (bicyclic) bond motifs is 5. The Hall–Kier alpha value is -4.65. The van der Waals surface area contributed by atoms with Crippen LogP contribution >= 0.6 is 0 Å². The first-order valence-electron chi connectivity index (χ1n) is 14.2. The molecule has 0 radical (unpaired) electrons. The number of hydrogen-bond acceptors (Lipinski definition) is 5. The Morgan fingerprint density at radius 3 is 2.54 bits per heavy atom. The van der Waals surface area contributed by atoms with Crippen molar-refractivity contribution in [3.8, 4) is 28.4 Å². The van der Waals surface area contributed by atoms with Crippen molar-refractivity contribution in [3.63, 3.8) is 0 Å². The molecule has 1 N–H and O–H groups in total. The van der Waals surface area contributed by atoms with Gasteiger partial charge in [0.05, 0.1) is 18.4 Å². The van der Waals surface area contributed by atoms with Crippen molar-refractivity contribution in [3.05, 3.63) is 88.8 Å². The Morgan fingerprint density at radius 2 is 1.80 bits per heavy atom. The summed E-state index contributed by atoms with van der Waals surface area (Å²) in [5, 5.41) is 15.3. The van der Waals surface area contributed by atoms with Crippen molar-refractivity contribution in [2.24, 2.45) is 0 Å². The number of benzene rings is 3. The van der Waals surface area contributed by atoms with Gasteiger partial charge < -0.3 is 18.9 Å². The average Bonchev–Trinajstić information content (AvgIpc) is 3.52. The van der Waals surface area contributed by atoms with Crippen molar-refractivity contribution in [2.75, 3.05) is 7.11 Å². The molecular weight excluding hydrogens is 514 g/mol. The number of carboxylic acid groups (broad SMARTS) is 1. The molecule has 3 heterocycles. The molecule has 1 saturated carbocycles. The molecule has 5 aromatic rings. The molecule has 7 heteroatoms. The van der Waals surface area contributed by atoms with Crippen LogP contribution in [0.1, 0.15) is 71.0 Å². The lowest BCUT2D eigenvalue weighted by molar-refractivity contribution is 0.0697. The fourth-order valence-corrected chi connectivity index (χ4v) is 6.70. The van der Waals surface area contributed by atoms with Gasteiger partial charge in [0.15, 0.2) is 0 Å². The highest BCUT2D eigenvalue weighted by atomic mass is 16.5. The molecule has 0 unspecified atom stereocenters. The fourth-order valence-electron chi connectivity index (χ4n) is 6.70. The molecular formula is C34H31N3O4. The van der Waals surface area contributed by atoms with E-state index in [0.29, 0.717) is 29.7 Å². The number of carboxylic acids is 1. The van der Waals surface area contributed by atoms with E-state index in [-0.39, 0.29) is 0 Å². The number of aromatic carboxylic acids is 1. The first-order chi connectivity index (χ1) is 20.0. The molecule has 0 spiro atoms. The standard InChI is InChI=1S/C34H31N3O4/c1-20-35-33(36-41-20)28-11-7-6-10-26(28)24-16-23-17-25(40-2)13-15-27(23)32-31(21-8-4-3-5-9-21)29-14-12-22(34(38)39)18-30(29)37(32)19-24/h6-7,10-18,21H,3-5,8-9,19H2,1-2H3,(H,38,39). The zero-order chi connectivity index (χ0) is 28.1. The molecule has 1 aliphatic heterocycles. The molecule has 0 atom stereocenters. The van der Waals surface area contributed by atoms with Crippen LogP contribution in [0.15, 0.2) is 65.2 Å². The maximum Gasteiger partial charge on any atom is 0.335 e. The van der Waals surface area contributed by atoms with Crippen LogP contribution in [-0.2, 0) is 6.54 Å². The second-order valence-electron chi connectivity index (χ2n) is 11.0. The summed E-state index contributed by atoms with van der Waals surface area (Å²) in [6.07, 6.45) is 8.19. The van der Waals surface area contributed by atoms with Gasteiger partial charge in [-0.15, -0.1) is 0 Å². The third-order valence-corrected chi connectivity index (χ3v) is 8.58. The summed E-state index contributed by atoms with van der Waals surface area (Å²) in [6.45, 7) is 2.35. The monoisotopic (exact) mass is 545 g/mol. The molecule has 1 fully saturated rings. The van der Waals surface area contributed by atoms with Gasteiger partial charge in [0.1, 0.15) is 5.75 Å². The highest BCUT2D eigenvalue weighted by Gasteiger charge is 2.30. The summed E-state index contributed by atoms with van der Waals surface area (Å²) in [7, 11) is 1.69. The van der Waals surface area contributed by atoms with Crippen molar-refractivity contribution in [1.82, 2.24) is 14.7 Å². The van der Waals surface area contributed by atoms with E-state index in [1.165, 1.54) is 30.5 Å². The molecule has 0 bridgehead atoms. The smallest absolute Gasteiger partial charge is 0.335 e. The van der Waals surface area contributed by atoms with Gasteiger partial charge in [0.2, 0.25) is 11.7 Å². The van der Waals surface area contributed by atoms with Crippen LogP contribution in [0, 0.1) is 6.92 Å². The number of nitrogens with zero attached hydrogens (tertiary/aromatic N) is 3. The molecule has 0 amide bonds. The minimum atomic E-state index is -0.922. The predicted molar refractivity (Wildman–Crippen MR) is 159 cm³/mol. The Bertz CT molecular complexity index is 1840. The fraction of sp³-hybridized carbons (Fsp3) is 0.265. The molecule has 0 saturated heterocycles. The second-order valence-corrected chi connectivity index (χ2v) is 11.0. The molecule has 206 valence electrons. The Labute approximate surface area is 238 Å². The quantitative estimate of drug-likeness (QED) is 0.241. The largest absolute Gasteiger partial charge is 0.497 e. The maximum atomic E-state index is 12.1. The van der Waals surface area contributed by atoms with Crippen molar-refractivity contribution >= 4 is 28.5 Å². The van der Waals surface area contributed by atoms with Crippen molar-refractivity contribution < 1.29 is 19.2 Å². The van der Waals surface area contributed by atoms with E-state index in [4.69, 9.17) is 9.26 Å². The Kier molecular flexibility index (Phi) is 6.22.